The molecule has 1 aromatic rings. The maximum Gasteiger partial charge on any atom is 0.354 e. The molecule has 0 aromatic heterocycles. The number of nitrogens with one attached hydrogen (secondary N) is 1. The number of anilines is 1. The van der Waals surface area contributed by atoms with Crippen LogP contribution < -0.4 is 5.32 Å². The summed E-state index contributed by atoms with van der Waals surface area (Å²) in [5, 5.41) is 2.90. The third-order valence-corrected chi connectivity index (χ3v) is 3.07. The SMILES string of the molecule is COC(=O)/C(=C/C(=O)C(C)(C)C)Nc1ccc(Br)cc1. The number of benzene rings is 1. The van der Waals surface area contributed by atoms with Gasteiger partial charge in [-0.15, -0.1) is 0 Å². The van der Waals surface area contributed by atoms with Gasteiger partial charge in [0.05, 0.1) is 7.11 Å². The van der Waals surface area contributed by atoms with Gasteiger partial charge in [0, 0.05) is 21.7 Å². The van der Waals surface area contributed by atoms with Crippen LogP contribution in [0.25, 0.3) is 0 Å². The Morgan fingerprint density at radius 2 is 1.75 bits per heavy atom. The number of ether oxygens (including phenoxy) is 1. The molecule has 0 bridgehead atoms. The first-order chi connectivity index (χ1) is 9.24. The summed E-state index contributed by atoms with van der Waals surface area (Å²) in [5.41, 5.74) is 0.266. The van der Waals surface area contributed by atoms with Crippen molar-refractivity contribution in [2.75, 3.05) is 12.4 Å². The van der Waals surface area contributed by atoms with Gasteiger partial charge in [-0.1, -0.05) is 36.7 Å². The van der Waals surface area contributed by atoms with Crippen molar-refractivity contribution in [3.63, 3.8) is 0 Å². The normalized spacial score (nSPS) is 11.9. The van der Waals surface area contributed by atoms with Crippen LogP contribution in [-0.4, -0.2) is 18.9 Å². The molecule has 0 aliphatic rings. The Morgan fingerprint density at radius 3 is 2.20 bits per heavy atom. The van der Waals surface area contributed by atoms with E-state index in [1.807, 2.05) is 12.1 Å². The highest BCUT2D eigenvalue weighted by Gasteiger charge is 2.22. The number of hydrogen-bond acceptors (Lipinski definition) is 4. The summed E-state index contributed by atoms with van der Waals surface area (Å²) in [7, 11) is 1.28. The number of methoxy groups -OCH3 is 1. The van der Waals surface area contributed by atoms with E-state index in [9.17, 15) is 9.59 Å². The first kappa shape index (κ1) is 16.4. The van der Waals surface area contributed by atoms with E-state index in [0.717, 1.165) is 4.47 Å². The molecule has 0 aliphatic carbocycles. The minimum absolute atomic E-state index is 0.120. The van der Waals surface area contributed by atoms with Gasteiger partial charge in [0.2, 0.25) is 0 Å². The number of carbonyl (C=O) groups is 2. The summed E-state index contributed by atoms with van der Waals surface area (Å²) >= 11 is 3.33. The monoisotopic (exact) mass is 339 g/mol. The maximum atomic E-state index is 12.0. The maximum absolute atomic E-state index is 12.0. The molecule has 0 unspecified atom stereocenters. The van der Waals surface area contributed by atoms with Crippen LogP contribution in [0.2, 0.25) is 0 Å². The second-order valence-corrected chi connectivity index (χ2v) is 6.21. The molecule has 0 aliphatic heterocycles. The van der Waals surface area contributed by atoms with Crippen LogP contribution in [0.3, 0.4) is 0 Å². The van der Waals surface area contributed by atoms with Gasteiger partial charge in [-0.2, -0.15) is 0 Å². The number of ketones is 1. The summed E-state index contributed by atoms with van der Waals surface area (Å²) < 4.78 is 5.62. The first-order valence-corrected chi connectivity index (χ1v) is 6.90. The molecule has 1 rings (SSSR count). The zero-order valence-electron chi connectivity index (χ0n) is 12.0. The second-order valence-electron chi connectivity index (χ2n) is 5.30. The van der Waals surface area contributed by atoms with Crippen LogP contribution >= 0.6 is 15.9 Å². The highest BCUT2D eigenvalue weighted by molar-refractivity contribution is 9.10. The first-order valence-electron chi connectivity index (χ1n) is 6.11. The molecular formula is C15H18BrNO3. The lowest BCUT2D eigenvalue weighted by Crippen LogP contribution is -2.22. The van der Waals surface area contributed by atoms with Crippen molar-refractivity contribution >= 4 is 33.4 Å². The Labute approximate surface area is 127 Å². The third kappa shape index (κ3) is 4.81. The van der Waals surface area contributed by atoms with Crippen LogP contribution in [0, 0.1) is 5.41 Å². The van der Waals surface area contributed by atoms with E-state index in [1.54, 1.807) is 32.9 Å². The Hall–Kier alpha value is -1.62. The highest BCUT2D eigenvalue weighted by Crippen LogP contribution is 2.19. The topological polar surface area (TPSA) is 55.4 Å². The Morgan fingerprint density at radius 1 is 1.20 bits per heavy atom. The molecule has 1 aromatic carbocycles. The number of hydrogen-bond donors (Lipinski definition) is 1. The Bertz CT molecular complexity index is 527. The van der Waals surface area contributed by atoms with Crippen molar-refractivity contribution in [3.8, 4) is 0 Å². The van der Waals surface area contributed by atoms with Crippen LogP contribution in [0.5, 0.6) is 0 Å². The average molecular weight is 340 g/mol. The lowest BCUT2D eigenvalue weighted by molar-refractivity contribution is -0.136. The molecule has 0 amide bonds. The summed E-state index contributed by atoms with van der Waals surface area (Å²) in [4.78, 5) is 23.7. The summed E-state index contributed by atoms with van der Waals surface area (Å²) in [5.74, 6) is -0.729. The lowest BCUT2D eigenvalue weighted by Gasteiger charge is -2.15. The lowest BCUT2D eigenvalue weighted by atomic mass is 9.90. The van der Waals surface area contributed by atoms with Gasteiger partial charge < -0.3 is 10.1 Å². The van der Waals surface area contributed by atoms with E-state index in [0.29, 0.717) is 5.69 Å². The quantitative estimate of drug-likeness (QED) is 0.673. The average Bonchev–Trinajstić information content (AvgIpc) is 2.38. The van der Waals surface area contributed by atoms with E-state index in [4.69, 9.17) is 4.74 Å². The molecule has 1 N–H and O–H groups in total. The van der Waals surface area contributed by atoms with Crippen LogP contribution in [0.15, 0.2) is 40.5 Å². The van der Waals surface area contributed by atoms with E-state index >= 15 is 0 Å². The molecule has 0 atom stereocenters. The van der Waals surface area contributed by atoms with E-state index in [2.05, 4.69) is 21.2 Å². The molecule has 0 heterocycles. The van der Waals surface area contributed by atoms with Gasteiger partial charge in [-0.3, -0.25) is 4.79 Å². The molecular weight excluding hydrogens is 322 g/mol. The molecule has 0 saturated carbocycles. The molecule has 4 nitrogen and oxygen atoms in total. The summed E-state index contributed by atoms with van der Waals surface area (Å²) in [6, 6.07) is 7.26. The molecule has 0 fully saturated rings. The fraction of sp³-hybridized carbons (Fsp3) is 0.333. The number of esters is 1. The van der Waals surface area contributed by atoms with E-state index < -0.39 is 11.4 Å². The highest BCUT2D eigenvalue weighted by atomic mass is 79.9. The van der Waals surface area contributed by atoms with Crippen molar-refractivity contribution in [1.29, 1.82) is 0 Å². The van der Waals surface area contributed by atoms with Crippen molar-refractivity contribution < 1.29 is 14.3 Å². The molecule has 108 valence electrons. The van der Waals surface area contributed by atoms with Crippen LogP contribution in [0.1, 0.15) is 20.8 Å². The molecule has 0 spiro atoms. The fourth-order valence-electron chi connectivity index (χ4n) is 1.29. The minimum Gasteiger partial charge on any atom is -0.464 e. The molecule has 0 radical (unpaired) electrons. The molecule has 20 heavy (non-hydrogen) atoms. The zero-order chi connectivity index (χ0) is 15.3. The fourth-order valence-corrected chi connectivity index (χ4v) is 1.56. The predicted molar refractivity (Wildman–Crippen MR) is 82.3 cm³/mol. The van der Waals surface area contributed by atoms with E-state index in [-0.39, 0.29) is 11.5 Å². The number of halogens is 1. The van der Waals surface area contributed by atoms with Crippen molar-refractivity contribution in [2.24, 2.45) is 5.41 Å². The second kappa shape index (κ2) is 6.70. The van der Waals surface area contributed by atoms with Gasteiger partial charge >= 0.3 is 5.97 Å². The van der Waals surface area contributed by atoms with Gasteiger partial charge in [-0.05, 0) is 24.3 Å². The smallest absolute Gasteiger partial charge is 0.354 e. The van der Waals surface area contributed by atoms with Gasteiger partial charge in [-0.25, -0.2) is 4.79 Å². The van der Waals surface area contributed by atoms with Gasteiger partial charge in [0.1, 0.15) is 5.70 Å². The Balaban J connectivity index is 3.02. The third-order valence-electron chi connectivity index (χ3n) is 2.54. The molecule has 0 saturated heterocycles. The molecule has 5 heteroatoms. The Kier molecular flexibility index (Phi) is 5.51. The standard InChI is InChI=1S/C15H18BrNO3/c1-15(2,3)13(18)9-12(14(19)20-4)17-11-7-5-10(16)6-8-11/h5-9,17H,1-4H3/b12-9-. The summed E-state index contributed by atoms with van der Waals surface area (Å²) in [6.45, 7) is 5.38. The number of allylic oxidation sites excluding steroid dienone is 1. The number of carbonyl (C=O) groups excluding carboxylic acids is 2. The van der Waals surface area contributed by atoms with Gasteiger partial charge in [0.15, 0.2) is 5.78 Å². The van der Waals surface area contributed by atoms with Crippen molar-refractivity contribution in [1.82, 2.24) is 0 Å². The zero-order valence-corrected chi connectivity index (χ0v) is 13.6. The minimum atomic E-state index is -0.578. The van der Waals surface area contributed by atoms with Crippen LogP contribution in [-0.2, 0) is 14.3 Å². The van der Waals surface area contributed by atoms with E-state index in [1.165, 1.54) is 13.2 Å². The van der Waals surface area contributed by atoms with Crippen molar-refractivity contribution in [3.05, 3.63) is 40.5 Å². The largest absolute Gasteiger partial charge is 0.464 e. The number of rotatable bonds is 4. The predicted octanol–water partition coefficient (Wildman–Crippen LogP) is 3.53. The van der Waals surface area contributed by atoms with Gasteiger partial charge in [0.25, 0.3) is 0 Å². The van der Waals surface area contributed by atoms with Crippen LogP contribution in [0.4, 0.5) is 5.69 Å². The van der Waals surface area contributed by atoms with Crippen molar-refractivity contribution in [2.45, 2.75) is 20.8 Å². The summed E-state index contributed by atoms with van der Waals surface area (Å²) in [6.07, 6.45) is 1.29.